The van der Waals surface area contributed by atoms with Crippen molar-refractivity contribution in [3.63, 3.8) is 0 Å². The molecule has 5 nitrogen and oxygen atoms in total. The third-order valence-corrected chi connectivity index (χ3v) is 4.41. The SMILES string of the molecule is CO/C(=C/C(=O)O)c1ccccc1COc1nc(-c2ccccc2)cs1. The Bertz CT molecular complexity index is 918. The van der Waals surface area contributed by atoms with Crippen LogP contribution in [0.5, 0.6) is 5.19 Å². The van der Waals surface area contributed by atoms with Gasteiger partial charge < -0.3 is 14.6 Å². The van der Waals surface area contributed by atoms with Crippen LogP contribution < -0.4 is 4.74 Å². The standard InChI is InChI=1S/C20H17NO4S/c1-24-18(11-19(22)23)16-10-6-5-9-15(16)12-25-20-21-17(13-26-20)14-7-3-2-4-8-14/h2-11,13H,12H2,1H3,(H,22,23)/b18-11+. The Hall–Kier alpha value is -3.12. The van der Waals surface area contributed by atoms with Gasteiger partial charge in [0.2, 0.25) is 0 Å². The molecule has 3 rings (SSSR count). The average Bonchev–Trinajstić information content (AvgIpc) is 3.14. The summed E-state index contributed by atoms with van der Waals surface area (Å²) in [6.07, 6.45) is 1.04. The molecule has 0 fully saturated rings. The zero-order valence-corrected chi connectivity index (χ0v) is 14.9. The third kappa shape index (κ3) is 4.29. The van der Waals surface area contributed by atoms with Gasteiger partial charge in [0.05, 0.1) is 18.9 Å². The fourth-order valence-corrected chi connectivity index (χ4v) is 3.13. The number of aliphatic carboxylic acids is 1. The summed E-state index contributed by atoms with van der Waals surface area (Å²) in [6.45, 7) is 0.262. The number of carbonyl (C=O) groups is 1. The number of methoxy groups -OCH3 is 1. The highest BCUT2D eigenvalue weighted by Crippen LogP contribution is 2.28. The number of hydrogen-bond donors (Lipinski definition) is 1. The molecule has 0 spiro atoms. The highest BCUT2D eigenvalue weighted by Gasteiger charge is 2.11. The van der Waals surface area contributed by atoms with Crippen LogP contribution in [0.1, 0.15) is 11.1 Å². The number of ether oxygens (including phenoxy) is 2. The maximum atomic E-state index is 11.0. The van der Waals surface area contributed by atoms with Crippen molar-refractivity contribution >= 4 is 23.1 Å². The topological polar surface area (TPSA) is 68.7 Å². The van der Waals surface area contributed by atoms with Crippen LogP contribution >= 0.6 is 11.3 Å². The van der Waals surface area contributed by atoms with Crippen molar-refractivity contribution in [2.24, 2.45) is 0 Å². The quantitative estimate of drug-likeness (QED) is 0.493. The number of carboxylic acids is 1. The minimum Gasteiger partial charge on any atom is -0.496 e. The molecule has 0 radical (unpaired) electrons. The van der Waals surface area contributed by atoms with E-state index in [2.05, 4.69) is 4.98 Å². The maximum Gasteiger partial charge on any atom is 0.332 e. The third-order valence-electron chi connectivity index (χ3n) is 3.66. The Labute approximate surface area is 155 Å². The van der Waals surface area contributed by atoms with Gasteiger partial charge in [-0.25, -0.2) is 9.78 Å². The van der Waals surface area contributed by atoms with Gasteiger partial charge in [0.1, 0.15) is 12.4 Å². The predicted octanol–water partition coefficient (Wildman–Crippen LogP) is 4.46. The summed E-state index contributed by atoms with van der Waals surface area (Å²) in [5, 5.41) is 11.5. The van der Waals surface area contributed by atoms with Crippen molar-refractivity contribution in [1.29, 1.82) is 0 Å². The molecule has 0 saturated carbocycles. The largest absolute Gasteiger partial charge is 0.496 e. The molecule has 6 heteroatoms. The van der Waals surface area contributed by atoms with Crippen LogP contribution in [0.15, 0.2) is 66.1 Å². The van der Waals surface area contributed by atoms with Crippen molar-refractivity contribution in [3.8, 4) is 16.5 Å². The Morgan fingerprint density at radius 3 is 2.62 bits per heavy atom. The first-order valence-electron chi connectivity index (χ1n) is 7.88. The highest BCUT2D eigenvalue weighted by atomic mass is 32.1. The van der Waals surface area contributed by atoms with Crippen LogP contribution in [0.2, 0.25) is 0 Å². The summed E-state index contributed by atoms with van der Waals surface area (Å²) in [7, 11) is 1.44. The lowest BCUT2D eigenvalue weighted by molar-refractivity contribution is -0.131. The molecule has 0 unspecified atom stereocenters. The first kappa shape index (κ1) is 17.7. The van der Waals surface area contributed by atoms with Gasteiger partial charge >= 0.3 is 5.97 Å². The molecule has 0 aliphatic rings. The number of nitrogens with zero attached hydrogens (tertiary/aromatic N) is 1. The molecule has 0 amide bonds. The van der Waals surface area contributed by atoms with Crippen LogP contribution in [-0.4, -0.2) is 23.2 Å². The fraction of sp³-hybridized carbons (Fsp3) is 0.100. The van der Waals surface area contributed by atoms with Crippen molar-refractivity contribution < 1.29 is 19.4 Å². The zero-order chi connectivity index (χ0) is 18.4. The highest BCUT2D eigenvalue weighted by molar-refractivity contribution is 7.11. The predicted molar refractivity (Wildman–Crippen MR) is 101 cm³/mol. The van der Waals surface area contributed by atoms with E-state index in [0.717, 1.165) is 22.9 Å². The van der Waals surface area contributed by atoms with Gasteiger partial charge in [0, 0.05) is 22.1 Å². The lowest BCUT2D eigenvalue weighted by Gasteiger charge is -2.11. The number of carboxylic acid groups (broad SMARTS) is 1. The maximum absolute atomic E-state index is 11.0. The minimum atomic E-state index is -1.06. The summed E-state index contributed by atoms with van der Waals surface area (Å²) in [4.78, 5) is 15.5. The lowest BCUT2D eigenvalue weighted by Crippen LogP contribution is -2.02. The fourth-order valence-electron chi connectivity index (χ4n) is 2.45. The Morgan fingerprint density at radius 2 is 1.88 bits per heavy atom. The lowest BCUT2D eigenvalue weighted by atomic mass is 10.1. The van der Waals surface area contributed by atoms with E-state index in [0.29, 0.717) is 10.8 Å². The molecule has 3 aromatic rings. The molecule has 0 aliphatic carbocycles. The van der Waals surface area contributed by atoms with Gasteiger partial charge in [-0.05, 0) is 0 Å². The second kappa shape index (κ2) is 8.31. The second-order valence-electron chi connectivity index (χ2n) is 5.36. The van der Waals surface area contributed by atoms with E-state index < -0.39 is 5.97 Å². The Morgan fingerprint density at radius 1 is 1.15 bits per heavy atom. The molecule has 132 valence electrons. The summed E-state index contributed by atoms with van der Waals surface area (Å²) < 4.78 is 11.0. The molecule has 0 atom stereocenters. The second-order valence-corrected chi connectivity index (χ2v) is 6.18. The molecule has 0 saturated heterocycles. The molecular formula is C20H17NO4S. The molecule has 1 N–H and O–H groups in total. The molecule has 0 aliphatic heterocycles. The zero-order valence-electron chi connectivity index (χ0n) is 14.1. The van der Waals surface area contributed by atoms with Crippen molar-refractivity contribution in [3.05, 3.63) is 77.2 Å². The van der Waals surface area contributed by atoms with E-state index in [-0.39, 0.29) is 12.4 Å². The number of rotatable bonds is 7. The van der Waals surface area contributed by atoms with Gasteiger partial charge in [-0.15, -0.1) is 0 Å². The Kier molecular flexibility index (Phi) is 5.66. The number of thiazole rings is 1. The molecule has 1 heterocycles. The van der Waals surface area contributed by atoms with Crippen LogP contribution in [-0.2, 0) is 16.1 Å². The smallest absolute Gasteiger partial charge is 0.332 e. The minimum absolute atomic E-state index is 0.262. The van der Waals surface area contributed by atoms with Gasteiger partial charge in [-0.2, -0.15) is 0 Å². The number of hydrogen-bond acceptors (Lipinski definition) is 5. The van der Waals surface area contributed by atoms with Crippen LogP contribution in [0, 0.1) is 0 Å². The van der Waals surface area contributed by atoms with Gasteiger partial charge in [0.15, 0.2) is 0 Å². The monoisotopic (exact) mass is 367 g/mol. The Balaban J connectivity index is 1.77. The van der Waals surface area contributed by atoms with E-state index in [1.165, 1.54) is 18.4 Å². The van der Waals surface area contributed by atoms with Crippen molar-refractivity contribution in [2.45, 2.75) is 6.61 Å². The average molecular weight is 367 g/mol. The van der Waals surface area contributed by atoms with Gasteiger partial charge in [-0.1, -0.05) is 65.9 Å². The number of benzene rings is 2. The molecule has 2 aromatic carbocycles. The van der Waals surface area contributed by atoms with Crippen molar-refractivity contribution in [1.82, 2.24) is 4.98 Å². The van der Waals surface area contributed by atoms with E-state index in [4.69, 9.17) is 14.6 Å². The van der Waals surface area contributed by atoms with Crippen LogP contribution in [0.25, 0.3) is 17.0 Å². The first-order chi connectivity index (χ1) is 12.7. The van der Waals surface area contributed by atoms with E-state index >= 15 is 0 Å². The van der Waals surface area contributed by atoms with Crippen LogP contribution in [0.3, 0.4) is 0 Å². The molecular weight excluding hydrogens is 350 g/mol. The summed E-state index contributed by atoms with van der Waals surface area (Å²) >= 11 is 1.42. The summed E-state index contributed by atoms with van der Waals surface area (Å²) in [5.41, 5.74) is 3.39. The summed E-state index contributed by atoms with van der Waals surface area (Å²) in [5.74, 6) is -0.786. The molecule has 1 aromatic heterocycles. The number of aromatic nitrogens is 1. The van der Waals surface area contributed by atoms with Crippen molar-refractivity contribution in [2.75, 3.05) is 7.11 Å². The normalized spacial score (nSPS) is 11.2. The summed E-state index contributed by atoms with van der Waals surface area (Å²) in [6, 6.07) is 17.2. The van der Waals surface area contributed by atoms with E-state index in [1.54, 1.807) is 6.07 Å². The van der Waals surface area contributed by atoms with Gasteiger partial charge in [-0.3, -0.25) is 0 Å². The van der Waals surface area contributed by atoms with Crippen LogP contribution in [0.4, 0.5) is 0 Å². The van der Waals surface area contributed by atoms with Gasteiger partial charge in [0.25, 0.3) is 5.19 Å². The molecule has 26 heavy (non-hydrogen) atoms. The van der Waals surface area contributed by atoms with E-state index in [9.17, 15) is 4.79 Å². The first-order valence-corrected chi connectivity index (χ1v) is 8.76. The molecule has 0 bridgehead atoms. The van der Waals surface area contributed by atoms with E-state index in [1.807, 2.05) is 53.9 Å².